The van der Waals surface area contributed by atoms with E-state index < -0.39 is 12.0 Å². The van der Waals surface area contributed by atoms with Crippen LogP contribution in [0.15, 0.2) is 0 Å². The second kappa shape index (κ2) is 8.06. The van der Waals surface area contributed by atoms with E-state index in [1.54, 1.807) is 32.6 Å². The third kappa shape index (κ3) is 4.17. The topological polar surface area (TPSA) is 79.5 Å². The zero-order valence-electron chi connectivity index (χ0n) is 16.6. The van der Waals surface area contributed by atoms with Gasteiger partial charge in [0, 0.05) is 23.7 Å². The van der Waals surface area contributed by atoms with Gasteiger partial charge in [0.25, 0.3) is 0 Å². The molecular formula is C20H30N2O4. The van der Waals surface area contributed by atoms with Crippen molar-refractivity contribution in [1.29, 1.82) is 0 Å². The number of ether oxygens (including phenoxy) is 1. The second-order valence-electron chi connectivity index (χ2n) is 7.52. The van der Waals surface area contributed by atoms with E-state index in [4.69, 9.17) is 4.74 Å². The summed E-state index contributed by atoms with van der Waals surface area (Å²) in [5.74, 6) is -0.317. The van der Waals surface area contributed by atoms with Gasteiger partial charge in [-0.1, -0.05) is 13.8 Å². The molecule has 0 saturated heterocycles. The van der Waals surface area contributed by atoms with E-state index in [9.17, 15) is 14.4 Å². The van der Waals surface area contributed by atoms with Gasteiger partial charge in [0.2, 0.25) is 5.91 Å². The Balaban J connectivity index is 2.29. The van der Waals surface area contributed by atoms with Crippen molar-refractivity contribution in [3.8, 4) is 0 Å². The van der Waals surface area contributed by atoms with Gasteiger partial charge in [-0.2, -0.15) is 0 Å². The Hall–Kier alpha value is -2.11. The van der Waals surface area contributed by atoms with Crippen LogP contribution >= 0.6 is 0 Å². The summed E-state index contributed by atoms with van der Waals surface area (Å²) in [5, 5.41) is 0. The predicted octanol–water partition coefficient (Wildman–Crippen LogP) is 3.42. The predicted molar refractivity (Wildman–Crippen MR) is 99.3 cm³/mol. The first-order valence-corrected chi connectivity index (χ1v) is 9.40. The van der Waals surface area contributed by atoms with Crippen molar-refractivity contribution in [1.82, 2.24) is 9.88 Å². The third-order valence-corrected chi connectivity index (χ3v) is 4.77. The van der Waals surface area contributed by atoms with Crippen LogP contribution in [-0.4, -0.2) is 46.2 Å². The summed E-state index contributed by atoms with van der Waals surface area (Å²) < 4.78 is 5.05. The van der Waals surface area contributed by atoms with E-state index in [-0.39, 0.29) is 30.3 Å². The SMILES string of the molecule is CCOC(=O)c1[nH]c(C)c(C(=O)C(C)N(C(=O)CC(C)C)C2CC2)c1C. The molecule has 1 heterocycles. The van der Waals surface area contributed by atoms with Gasteiger partial charge in [0.15, 0.2) is 5.78 Å². The number of aryl methyl sites for hydroxylation is 1. The number of Topliss-reactive ketones (excluding diaryl/α,β-unsaturated/α-hetero) is 1. The highest BCUT2D eigenvalue weighted by Gasteiger charge is 2.39. The minimum absolute atomic E-state index is 0.0276. The number of hydrogen-bond acceptors (Lipinski definition) is 4. The van der Waals surface area contributed by atoms with Gasteiger partial charge in [-0.05, 0) is 52.0 Å². The van der Waals surface area contributed by atoms with Gasteiger partial charge >= 0.3 is 5.97 Å². The quantitative estimate of drug-likeness (QED) is 0.568. The molecule has 6 heteroatoms. The lowest BCUT2D eigenvalue weighted by atomic mass is 9.99. The monoisotopic (exact) mass is 362 g/mol. The molecule has 1 amide bonds. The maximum atomic E-state index is 13.2. The van der Waals surface area contributed by atoms with E-state index in [0.29, 0.717) is 28.9 Å². The molecule has 1 N–H and O–H groups in total. The molecule has 2 rings (SSSR count). The molecule has 6 nitrogen and oxygen atoms in total. The molecule has 1 aliphatic rings. The Labute approximate surface area is 155 Å². The van der Waals surface area contributed by atoms with Crippen molar-refractivity contribution in [3.63, 3.8) is 0 Å². The van der Waals surface area contributed by atoms with Crippen molar-refractivity contribution in [2.24, 2.45) is 5.92 Å². The van der Waals surface area contributed by atoms with E-state index in [0.717, 1.165) is 12.8 Å². The Bertz CT molecular complexity index is 701. The first-order valence-electron chi connectivity index (χ1n) is 9.40. The Kier molecular flexibility index (Phi) is 6.26. The molecule has 0 radical (unpaired) electrons. The first-order chi connectivity index (χ1) is 12.2. The van der Waals surface area contributed by atoms with Gasteiger partial charge in [0.05, 0.1) is 12.6 Å². The fourth-order valence-corrected chi connectivity index (χ4v) is 3.41. The summed E-state index contributed by atoms with van der Waals surface area (Å²) in [7, 11) is 0. The number of H-pyrrole nitrogens is 1. The van der Waals surface area contributed by atoms with Gasteiger partial charge in [-0.25, -0.2) is 4.79 Å². The Morgan fingerprint density at radius 1 is 1.19 bits per heavy atom. The van der Waals surface area contributed by atoms with Crippen molar-refractivity contribution in [2.75, 3.05) is 6.61 Å². The van der Waals surface area contributed by atoms with Crippen LogP contribution in [0.5, 0.6) is 0 Å². The van der Waals surface area contributed by atoms with Crippen LogP contribution in [0.3, 0.4) is 0 Å². The molecule has 0 aliphatic heterocycles. The standard InChI is InChI=1S/C20H30N2O4/c1-7-26-20(25)18-12(4)17(13(5)21-18)19(24)14(6)22(15-8-9-15)16(23)10-11(2)3/h11,14-15,21H,7-10H2,1-6H3. The number of carbonyl (C=O) groups is 3. The summed E-state index contributed by atoms with van der Waals surface area (Å²) in [6.07, 6.45) is 2.33. The van der Waals surface area contributed by atoms with Gasteiger partial charge in [0.1, 0.15) is 5.69 Å². The summed E-state index contributed by atoms with van der Waals surface area (Å²) in [6.45, 7) is 11.3. The number of aromatic amines is 1. The number of hydrogen-bond donors (Lipinski definition) is 1. The maximum absolute atomic E-state index is 13.2. The summed E-state index contributed by atoms with van der Waals surface area (Å²) in [5.41, 5.74) is 2.02. The van der Waals surface area contributed by atoms with E-state index in [1.807, 2.05) is 13.8 Å². The number of amides is 1. The molecule has 1 atom stereocenters. The smallest absolute Gasteiger partial charge is 0.355 e. The molecule has 26 heavy (non-hydrogen) atoms. The molecule has 144 valence electrons. The minimum Gasteiger partial charge on any atom is -0.461 e. The summed E-state index contributed by atoms with van der Waals surface area (Å²) in [4.78, 5) is 42.7. The van der Waals surface area contributed by atoms with Crippen molar-refractivity contribution < 1.29 is 19.1 Å². The van der Waals surface area contributed by atoms with Crippen LogP contribution in [0.4, 0.5) is 0 Å². The lowest BCUT2D eigenvalue weighted by Crippen LogP contribution is -2.45. The Morgan fingerprint density at radius 2 is 1.81 bits per heavy atom. The minimum atomic E-state index is -0.544. The molecule has 1 aliphatic carbocycles. The molecule has 1 fully saturated rings. The van der Waals surface area contributed by atoms with Gasteiger partial charge in [-0.3, -0.25) is 9.59 Å². The number of rotatable bonds is 8. The van der Waals surface area contributed by atoms with Crippen LogP contribution in [0, 0.1) is 19.8 Å². The average molecular weight is 362 g/mol. The molecule has 1 aromatic rings. The fourth-order valence-electron chi connectivity index (χ4n) is 3.41. The number of nitrogens with one attached hydrogen (secondary N) is 1. The zero-order valence-corrected chi connectivity index (χ0v) is 16.6. The van der Waals surface area contributed by atoms with E-state index in [1.165, 1.54) is 0 Å². The van der Waals surface area contributed by atoms with E-state index >= 15 is 0 Å². The summed E-state index contributed by atoms with van der Waals surface area (Å²) in [6, 6.07) is -0.388. The van der Waals surface area contributed by atoms with Crippen molar-refractivity contribution in [3.05, 3.63) is 22.5 Å². The molecule has 1 unspecified atom stereocenters. The number of ketones is 1. The average Bonchev–Trinajstić information content (AvgIpc) is 3.31. The largest absolute Gasteiger partial charge is 0.461 e. The molecule has 0 aromatic carbocycles. The van der Waals surface area contributed by atoms with Crippen LogP contribution in [0.25, 0.3) is 0 Å². The van der Waals surface area contributed by atoms with Crippen LogP contribution in [0.1, 0.15) is 79.1 Å². The van der Waals surface area contributed by atoms with Crippen LogP contribution in [-0.2, 0) is 9.53 Å². The molecule has 0 spiro atoms. The molecule has 0 bridgehead atoms. The fraction of sp³-hybridized carbons (Fsp3) is 0.650. The Morgan fingerprint density at radius 3 is 2.31 bits per heavy atom. The van der Waals surface area contributed by atoms with Crippen LogP contribution < -0.4 is 0 Å². The highest BCUT2D eigenvalue weighted by Crippen LogP contribution is 2.32. The number of carbonyl (C=O) groups excluding carboxylic acids is 3. The molecule has 1 saturated carbocycles. The lowest BCUT2D eigenvalue weighted by Gasteiger charge is -2.29. The lowest BCUT2D eigenvalue weighted by molar-refractivity contribution is -0.133. The number of aromatic nitrogens is 1. The maximum Gasteiger partial charge on any atom is 0.355 e. The zero-order chi connectivity index (χ0) is 19.6. The van der Waals surface area contributed by atoms with Gasteiger partial charge in [-0.15, -0.1) is 0 Å². The summed E-state index contributed by atoms with van der Waals surface area (Å²) >= 11 is 0. The highest BCUT2D eigenvalue weighted by atomic mass is 16.5. The highest BCUT2D eigenvalue weighted by molar-refractivity contribution is 6.06. The normalized spacial score (nSPS) is 15.0. The van der Waals surface area contributed by atoms with Crippen LogP contribution in [0.2, 0.25) is 0 Å². The third-order valence-electron chi connectivity index (χ3n) is 4.77. The van der Waals surface area contributed by atoms with Crippen molar-refractivity contribution >= 4 is 17.7 Å². The molecule has 1 aromatic heterocycles. The number of nitrogens with zero attached hydrogens (tertiary/aromatic N) is 1. The van der Waals surface area contributed by atoms with Gasteiger partial charge < -0.3 is 14.6 Å². The second-order valence-corrected chi connectivity index (χ2v) is 7.52. The number of esters is 1. The van der Waals surface area contributed by atoms with Crippen molar-refractivity contribution in [2.45, 2.75) is 72.9 Å². The first kappa shape index (κ1) is 20.2. The van der Waals surface area contributed by atoms with E-state index in [2.05, 4.69) is 4.98 Å². The molecular weight excluding hydrogens is 332 g/mol.